The molecule has 0 aromatic carbocycles. The summed E-state index contributed by atoms with van der Waals surface area (Å²) in [6, 6.07) is 2.02. The van der Waals surface area contributed by atoms with E-state index in [1.165, 1.54) is 23.6 Å². The zero-order valence-electron chi connectivity index (χ0n) is 20.0. The largest absolute Gasteiger partial charge is 0.472 e. The minimum Gasteiger partial charge on any atom is -0.472 e. The van der Waals surface area contributed by atoms with Crippen LogP contribution in [0.4, 0.5) is 0 Å². The highest BCUT2D eigenvalue weighted by atomic mass is 16.6. The van der Waals surface area contributed by atoms with Crippen LogP contribution in [0.5, 0.6) is 0 Å². The number of hydrogen-bond donors (Lipinski definition) is 0. The van der Waals surface area contributed by atoms with Gasteiger partial charge in [0.2, 0.25) is 0 Å². The minimum atomic E-state index is -0.460. The zero-order valence-corrected chi connectivity index (χ0v) is 20.0. The lowest BCUT2D eigenvalue weighted by molar-refractivity contribution is -0.137. The summed E-state index contributed by atoms with van der Waals surface area (Å²) in [6.07, 6.45) is 17.4. The number of carbonyl (C=O) groups excluding carboxylic acids is 2. The molecule has 0 fully saturated rings. The highest BCUT2D eigenvalue weighted by molar-refractivity contribution is 5.94. The maximum absolute atomic E-state index is 11.8. The highest BCUT2D eigenvalue weighted by Crippen LogP contribution is 2.29. The molecule has 0 bridgehead atoms. The Hall–Kier alpha value is -2.82. The van der Waals surface area contributed by atoms with Crippen molar-refractivity contribution in [2.24, 2.45) is 5.92 Å². The van der Waals surface area contributed by atoms with Crippen molar-refractivity contribution >= 4 is 11.9 Å². The molecule has 32 heavy (non-hydrogen) atoms. The third-order valence-electron chi connectivity index (χ3n) is 5.52. The van der Waals surface area contributed by atoms with Crippen LogP contribution in [0.3, 0.4) is 0 Å². The lowest BCUT2D eigenvalue weighted by Crippen LogP contribution is -2.02. The molecule has 0 saturated heterocycles. The Balaban J connectivity index is 1.71. The molecule has 0 aliphatic carbocycles. The fraction of sp³-hybridized carbons (Fsp3) is 0.481. The first kappa shape index (κ1) is 25.4. The first-order valence-corrected chi connectivity index (χ1v) is 11.4. The van der Waals surface area contributed by atoms with Crippen molar-refractivity contribution in [1.29, 1.82) is 0 Å². The van der Waals surface area contributed by atoms with Gasteiger partial charge in [0.25, 0.3) is 0 Å². The van der Waals surface area contributed by atoms with Crippen molar-refractivity contribution in [3.05, 3.63) is 70.6 Å². The Morgan fingerprint density at radius 3 is 2.44 bits per heavy atom. The fourth-order valence-corrected chi connectivity index (χ4v) is 3.59. The molecule has 2 rings (SSSR count). The summed E-state index contributed by atoms with van der Waals surface area (Å²) in [5.41, 5.74) is 4.43. The zero-order chi connectivity index (χ0) is 23.5. The van der Waals surface area contributed by atoms with Crippen molar-refractivity contribution in [2.45, 2.75) is 79.6 Å². The quantitative estimate of drug-likeness (QED) is 0.259. The normalized spacial score (nSPS) is 17.2. The van der Waals surface area contributed by atoms with Gasteiger partial charge in [-0.3, -0.25) is 4.79 Å². The van der Waals surface area contributed by atoms with Gasteiger partial charge in [0.1, 0.15) is 0 Å². The molecule has 0 saturated carbocycles. The maximum atomic E-state index is 11.8. The number of hydrogen-bond acceptors (Lipinski definition) is 5. The standard InChI is InChI=1S/C27H36O5/c1-19(9-6-10-20(2)12-8-14-24-15-16-30-18-24)11-7-13-21(3)17-25-26(31-23(5)28)22(4)27(29)32-25/h11-12,15-18,21H,6-10,13-14H2,1-5H3. The van der Waals surface area contributed by atoms with Gasteiger partial charge in [-0.15, -0.1) is 0 Å². The number of rotatable bonds is 12. The monoisotopic (exact) mass is 440 g/mol. The average molecular weight is 441 g/mol. The molecule has 1 aromatic heterocycles. The van der Waals surface area contributed by atoms with E-state index >= 15 is 0 Å². The summed E-state index contributed by atoms with van der Waals surface area (Å²) in [5.74, 6) is -0.127. The number of allylic oxidation sites excluding steroid dienone is 5. The fourth-order valence-electron chi connectivity index (χ4n) is 3.59. The Kier molecular flexibility index (Phi) is 10.3. The van der Waals surface area contributed by atoms with E-state index in [0.717, 1.165) is 44.9 Å². The lowest BCUT2D eigenvalue weighted by atomic mass is 10.0. The summed E-state index contributed by atoms with van der Waals surface area (Å²) in [6.45, 7) is 9.38. The predicted molar refractivity (Wildman–Crippen MR) is 125 cm³/mol. The van der Waals surface area contributed by atoms with E-state index in [1.807, 2.05) is 18.4 Å². The van der Waals surface area contributed by atoms with E-state index in [0.29, 0.717) is 11.3 Å². The third kappa shape index (κ3) is 8.74. The Bertz CT molecular complexity index is 896. The van der Waals surface area contributed by atoms with Crippen LogP contribution in [0.1, 0.15) is 78.7 Å². The molecule has 5 nitrogen and oxygen atoms in total. The minimum absolute atomic E-state index is 0.193. The van der Waals surface area contributed by atoms with Crippen molar-refractivity contribution in [3.8, 4) is 0 Å². The van der Waals surface area contributed by atoms with Gasteiger partial charge in [-0.1, -0.05) is 30.2 Å². The van der Waals surface area contributed by atoms with Gasteiger partial charge < -0.3 is 13.9 Å². The van der Waals surface area contributed by atoms with E-state index in [1.54, 1.807) is 13.2 Å². The number of cyclic esters (lactones) is 1. The van der Waals surface area contributed by atoms with E-state index in [9.17, 15) is 9.59 Å². The van der Waals surface area contributed by atoms with Crippen LogP contribution < -0.4 is 0 Å². The van der Waals surface area contributed by atoms with Gasteiger partial charge >= 0.3 is 11.9 Å². The molecule has 1 aliphatic rings. The molecule has 1 atom stereocenters. The third-order valence-corrected chi connectivity index (χ3v) is 5.52. The van der Waals surface area contributed by atoms with E-state index in [2.05, 4.69) is 32.9 Å². The number of esters is 2. The van der Waals surface area contributed by atoms with Gasteiger partial charge in [0.05, 0.1) is 18.1 Å². The molecular formula is C27H36O5. The van der Waals surface area contributed by atoms with Crippen molar-refractivity contribution in [1.82, 2.24) is 0 Å². The number of furan rings is 1. The second-order valence-corrected chi connectivity index (χ2v) is 8.65. The number of ether oxygens (including phenoxy) is 2. The molecule has 174 valence electrons. The summed E-state index contributed by atoms with van der Waals surface area (Å²) < 4.78 is 15.5. The van der Waals surface area contributed by atoms with Crippen LogP contribution in [0.25, 0.3) is 0 Å². The molecule has 0 radical (unpaired) electrons. The smallest absolute Gasteiger partial charge is 0.343 e. The van der Waals surface area contributed by atoms with E-state index in [4.69, 9.17) is 13.9 Å². The molecule has 1 unspecified atom stereocenters. The van der Waals surface area contributed by atoms with E-state index in [-0.39, 0.29) is 11.7 Å². The molecule has 0 amide bonds. The Morgan fingerprint density at radius 2 is 1.81 bits per heavy atom. The van der Waals surface area contributed by atoms with Crippen molar-refractivity contribution in [2.75, 3.05) is 0 Å². The van der Waals surface area contributed by atoms with Gasteiger partial charge in [0, 0.05) is 6.92 Å². The van der Waals surface area contributed by atoms with Crippen molar-refractivity contribution in [3.63, 3.8) is 0 Å². The average Bonchev–Trinajstić information content (AvgIpc) is 3.32. The van der Waals surface area contributed by atoms with Gasteiger partial charge in [-0.2, -0.15) is 0 Å². The number of aryl methyl sites for hydroxylation is 1. The van der Waals surface area contributed by atoms with Crippen LogP contribution in [0.2, 0.25) is 0 Å². The van der Waals surface area contributed by atoms with Crippen LogP contribution >= 0.6 is 0 Å². The molecule has 5 heteroatoms. The molecule has 0 N–H and O–H groups in total. The lowest BCUT2D eigenvalue weighted by Gasteiger charge is -2.09. The van der Waals surface area contributed by atoms with Gasteiger partial charge in [-0.05, 0) is 89.3 Å². The summed E-state index contributed by atoms with van der Waals surface area (Å²) >= 11 is 0. The highest BCUT2D eigenvalue weighted by Gasteiger charge is 2.29. The first-order valence-electron chi connectivity index (χ1n) is 11.4. The number of carbonyl (C=O) groups is 2. The Labute approximate surface area is 191 Å². The summed E-state index contributed by atoms with van der Waals surface area (Å²) in [7, 11) is 0. The van der Waals surface area contributed by atoms with E-state index < -0.39 is 11.9 Å². The molecule has 1 aromatic rings. The SMILES string of the molecule is CC(=O)OC1=C(C)C(=O)OC1=CC(C)CCC=C(C)CCCC(C)=CCCc1ccoc1. The topological polar surface area (TPSA) is 65.7 Å². The van der Waals surface area contributed by atoms with Gasteiger partial charge in [-0.25, -0.2) is 4.79 Å². The van der Waals surface area contributed by atoms with Gasteiger partial charge in [0.15, 0.2) is 11.5 Å². The summed E-state index contributed by atoms with van der Waals surface area (Å²) in [5, 5.41) is 0. The second kappa shape index (κ2) is 12.9. The van der Waals surface area contributed by atoms with Crippen LogP contribution in [-0.2, 0) is 25.5 Å². The predicted octanol–water partition coefficient (Wildman–Crippen LogP) is 6.97. The van der Waals surface area contributed by atoms with Crippen molar-refractivity contribution < 1.29 is 23.5 Å². The van der Waals surface area contributed by atoms with Crippen LogP contribution in [0.15, 0.2) is 69.5 Å². The molecule has 1 aliphatic heterocycles. The first-order chi connectivity index (χ1) is 15.3. The molecule has 0 spiro atoms. The maximum Gasteiger partial charge on any atom is 0.343 e. The molecule has 2 heterocycles. The summed E-state index contributed by atoms with van der Waals surface area (Å²) in [4.78, 5) is 23.1. The molecular weight excluding hydrogens is 404 g/mol. The second-order valence-electron chi connectivity index (χ2n) is 8.65. The Morgan fingerprint density at radius 1 is 1.12 bits per heavy atom. The van der Waals surface area contributed by atoms with Crippen LogP contribution in [0, 0.1) is 5.92 Å². The van der Waals surface area contributed by atoms with Crippen LogP contribution in [-0.4, -0.2) is 11.9 Å².